The smallest absolute Gasteiger partial charge is 0.222 e. The van der Waals surface area contributed by atoms with Gasteiger partial charge < -0.3 is 9.64 Å². The summed E-state index contributed by atoms with van der Waals surface area (Å²) < 4.78 is 5.37. The maximum atomic E-state index is 12.2. The molecule has 1 aromatic carbocycles. The zero-order valence-electron chi connectivity index (χ0n) is 13.3. The number of rotatable bonds is 6. The minimum Gasteiger partial charge on any atom is -0.381 e. The fourth-order valence-electron chi connectivity index (χ4n) is 2.73. The third-order valence-corrected chi connectivity index (χ3v) is 4.39. The summed E-state index contributed by atoms with van der Waals surface area (Å²) in [5.74, 6) is 0.980. The standard InChI is InChI=1S/C18H27NO2/c1-15-3-5-16(6-4-15)7-8-18(20)19(2)12-9-17-10-13-21-14-11-17/h3-6,17H,7-14H2,1-2H3. The Morgan fingerprint density at radius 3 is 2.57 bits per heavy atom. The van der Waals surface area contributed by atoms with E-state index in [1.807, 2.05) is 11.9 Å². The van der Waals surface area contributed by atoms with Crippen molar-refractivity contribution in [1.29, 1.82) is 0 Å². The van der Waals surface area contributed by atoms with Gasteiger partial charge in [0.2, 0.25) is 5.91 Å². The Morgan fingerprint density at radius 1 is 1.24 bits per heavy atom. The van der Waals surface area contributed by atoms with Crippen LogP contribution < -0.4 is 0 Å². The normalized spacial score (nSPS) is 15.9. The fraction of sp³-hybridized carbons (Fsp3) is 0.611. The van der Waals surface area contributed by atoms with E-state index in [2.05, 4.69) is 31.2 Å². The first-order chi connectivity index (χ1) is 10.1. The second-order valence-electron chi connectivity index (χ2n) is 6.15. The van der Waals surface area contributed by atoms with Gasteiger partial charge >= 0.3 is 0 Å². The van der Waals surface area contributed by atoms with Gasteiger partial charge in [-0.25, -0.2) is 0 Å². The van der Waals surface area contributed by atoms with Gasteiger partial charge in [-0.05, 0) is 44.1 Å². The quantitative estimate of drug-likeness (QED) is 0.805. The highest BCUT2D eigenvalue weighted by Gasteiger charge is 2.16. The summed E-state index contributed by atoms with van der Waals surface area (Å²) in [6, 6.07) is 8.44. The van der Waals surface area contributed by atoms with Crippen molar-refractivity contribution in [2.45, 2.75) is 39.0 Å². The number of nitrogens with zero attached hydrogens (tertiary/aromatic N) is 1. The van der Waals surface area contributed by atoms with Crippen molar-refractivity contribution in [3.63, 3.8) is 0 Å². The Labute approximate surface area is 128 Å². The topological polar surface area (TPSA) is 29.5 Å². The number of benzene rings is 1. The van der Waals surface area contributed by atoms with Gasteiger partial charge in [-0.3, -0.25) is 4.79 Å². The van der Waals surface area contributed by atoms with Gasteiger partial charge in [0.1, 0.15) is 0 Å². The van der Waals surface area contributed by atoms with E-state index in [0.29, 0.717) is 6.42 Å². The van der Waals surface area contributed by atoms with Crippen LogP contribution in [0.3, 0.4) is 0 Å². The molecule has 0 spiro atoms. The van der Waals surface area contributed by atoms with E-state index in [1.165, 1.54) is 11.1 Å². The van der Waals surface area contributed by atoms with Gasteiger partial charge in [-0.1, -0.05) is 29.8 Å². The monoisotopic (exact) mass is 289 g/mol. The third-order valence-electron chi connectivity index (χ3n) is 4.39. The fourth-order valence-corrected chi connectivity index (χ4v) is 2.73. The van der Waals surface area contributed by atoms with Crippen LogP contribution in [-0.4, -0.2) is 37.6 Å². The van der Waals surface area contributed by atoms with Gasteiger partial charge in [0.25, 0.3) is 0 Å². The van der Waals surface area contributed by atoms with Crippen molar-refractivity contribution in [1.82, 2.24) is 4.90 Å². The summed E-state index contributed by atoms with van der Waals surface area (Å²) >= 11 is 0. The van der Waals surface area contributed by atoms with Crippen molar-refractivity contribution in [2.24, 2.45) is 5.92 Å². The molecule has 3 heteroatoms. The minimum atomic E-state index is 0.252. The van der Waals surface area contributed by atoms with Crippen molar-refractivity contribution in [2.75, 3.05) is 26.8 Å². The van der Waals surface area contributed by atoms with Crippen molar-refractivity contribution in [3.8, 4) is 0 Å². The lowest BCUT2D eigenvalue weighted by molar-refractivity contribution is -0.130. The zero-order chi connectivity index (χ0) is 15.1. The number of carbonyl (C=O) groups is 1. The number of ether oxygens (including phenoxy) is 1. The number of hydrogen-bond donors (Lipinski definition) is 0. The molecule has 1 saturated heterocycles. The second-order valence-corrected chi connectivity index (χ2v) is 6.15. The summed E-state index contributed by atoms with van der Waals surface area (Å²) in [7, 11) is 1.93. The number of carbonyl (C=O) groups excluding carboxylic acids is 1. The lowest BCUT2D eigenvalue weighted by Crippen LogP contribution is -2.30. The Balaban J connectivity index is 1.68. The van der Waals surface area contributed by atoms with Crippen LogP contribution in [0.2, 0.25) is 0 Å². The van der Waals surface area contributed by atoms with E-state index in [4.69, 9.17) is 4.74 Å². The molecule has 0 bridgehead atoms. The molecule has 0 aliphatic carbocycles. The Bertz CT molecular complexity index is 435. The third kappa shape index (κ3) is 5.50. The molecular weight excluding hydrogens is 262 g/mol. The first-order valence-electron chi connectivity index (χ1n) is 8.02. The lowest BCUT2D eigenvalue weighted by atomic mass is 9.96. The molecular formula is C18H27NO2. The molecule has 0 saturated carbocycles. The van der Waals surface area contributed by atoms with E-state index < -0.39 is 0 Å². The van der Waals surface area contributed by atoms with Crippen LogP contribution in [0.25, 0.3) is 0 Å². The highest BCUT2D eigenvalue weighted by atomic mass is 16.5. The average molecular weight is 289 g/mol. The molecule has 0 aromatic heterocycles. The van der Waals surface area contributed by atoms with Gasteiger partial charge in [-0.2, -0.15) is 0 Å². The summed E-state index contributed by atoms with van der Waals surface area (Å²) in [4.78, 5) is 14.0. The molecule has 116 valence electrons. The Morgan fingerprint density at radius 2 is 1.90 bits per heavy atom. The van der Waals surface area contributed by atoms with E-state index in [9.17, 15) is 4.79 Å². The first kappa shape index (κ1) is 16.0. The molecule has 1 aromatic rings. The van der Waals surface area contributed by atoms with Crippen LogP contribution in [0.4, 0.5) is 0 Å². The summed E-state index contributed by atoms with van der Waals surface area (Å²) in [5.41, 5.74) is 2.51. The maximum absolute atomic E-state index is 12.2. The van der Waals surface area contributed by atoms with Crippen LogP contribution >= 0.6 is 0 Å². The largest absolute Gasteiger partial charge is 0.381 e. The van der Waals surface area contributed by atoms with Crippen LogP contribution in [0.1, 0.15) is 36.8 Å². The van der Waals surface area contributed by atoms with Gasteiger partial charge in [0.15, 0.2) is 0 Å². The second kappa shape index (κ2) is 8.18. The molecule has 2 rings (SSSR count). The molecule has 0 N–H and O–H groups in total. The van der Waals surface area contributed by atoms with Gasteiger partial charge in [0.05, 0.1) is 0 Å². The average Bonchev–Trinajstić information content (AvgIpc) is 2.52. The predicted molar refractivity (Wildman–Crippen MR) is 85.3 cm³/mol. The highest BCUT2D eigenvalue weighted by molar-refractivity contribution is 5.76. The minimum absolute atomic E-state index is 0.252. The van der Waals surface area contributed by atoms with Crippen molar-refractivity contribution in [3.05, 3.63) is 35.4 Å². The highest BCUT2D eigenvalue weighted by Crippen LogP contribution is 2.18. The van der Waals surface area contributed by atoms with Crippen molar-refractivity contribution >= 4 is 5.91 Å². The van der Waals surface area contributed by atoms with Gasteiger partial charge in [0, 0.05) is 33.2 Å². The molecule has 21 heavy (non-hydrogen) atoms. The molecule has 1 fully saturated rings. The van der Waals surface area contributed by atoms with E-state index in [-0.39, 0.29) is 5.91 Å². The number of aryl methyl sites for hydroxylation is 2. The first-order valence-corrected chi connectivity index (χ1v) is 8.02. The van der Waals surface area contributed by atoms with E-state index in [0.717, 1.165) is 51.4 Å². The van der Waals surface area contributed by atoms with Crippen LogP contribution in [0, 0.1) is 12.8 Å². The summed E-state index contributed by atoms with van der Waals surface area (Å²) in [6.07, 6.45) is 4.83. The van der Waals surface area contributed by atoms with E-state index in [1.54, 1.807) is 0 Å². The predicted octanol–water partition coefficient (Wildman–Crippen LogP) is 3.20. The molecule has 0 unspecified atom stereocenters. The molecule has 1 aliphatic heterocycles. The van der Waals surface area contributed by atoms with Crippen LogP contribution in [0.5, 0.6) is 0 Å². The molecule has 3 nitrogen and oxygen atoms in total. The SMILES string of the molecule is Cc1ccc(CCC(=O)N(C)CCC2CCOCC2)cc1. The van der Waals surface area contributed by atoms with E-state index >= 15 is 0 Å². The molecule has 1 heterocycles. The number of amides is 1. The van der Waals surface area contributed by atoms with Crippen molar-refractivity contribution < 1.29 is 9.53 Å². The Hall–Kier alpha value is -1.35. The molecule has 0 radical (unpaired) electrons. The number of hydrogen-bond acceptors (Lipinski definition) is 2. The molecule has 0 atom stereocenters. The van der Waals surface area contributed by atoms with Crippen LogP contribution in [0.15, 0.2) is 24.3 Å². The summed E-state index contributed by atoms with van der Waals surface area (Å²) in [5, 5.41) is 0. The van der Waals surface area contributed by atoms with Crippen LogP contribution in [-0.2, 0) is 16.0 Å². The van der Waals surface area contributed by atoms with Gasteiger partial charge in [-0.15, -0.1) is 0 Å². The zero-order valence-corrected chi connectivity index (χ0v) is 13.3. The summed E-state index contributed by atoms with van der Waals surface area (Å²) in [6.45, 7) is 4.72. The lowest BCUT2D eigenvalue weighted by Gasteiger charge is -2.25. The maximum Gasteiger partial charge on any atom is 0.222 e. The molecule has 1 aliphatic rings. The Kier molecular flexibility index (Phi) is 6.24. The molecule has 1 amide bonds.